The van der Waals surface area contributed by atoms with Gasteiger partial charge in [0.2, 0.25) is 0 Å². The summed E-state index contributed by atoms with van der Waals surface area (Å²) in [7, 11) is 0. The lowest BCUT2D eigenvalue weighted by Crippen LogP contribution is -2.17. The maximum absolute atomic E-state index is 4.23. The van der Waals surface area contributed by atoms with Gasteiger partial charge in [-0.05, 0) is 18.8 Å². The van der Waals surface area contributed by atoms with Crippen LogP contribution in [0.2, 0.25) is 0 Å². The van der Waals surface area contributed by atoms with Gasteiger partial charge in [0.15, 0.2) is 5.82 Å². The molecule has 0 aliphatic heterocycles. The lowest BCUT2D eigenvalue weighted by atomic mass is 9.89. The first-order chi connectivity index (χ1) is 8.93. The van der Waals surface area contributed by atoms with E-state index >= 15 is 0 Å². The normalized spacial score (nSPS) is 16.9. The highest BCUT2D eigenvalue weighted by atomic mass is 15.2. The van der Waals surface area contributed by atoms with Gasteiger partial charge in [-0.25, -0.2) is 0 Å². The predicted molar refractivity (Wildman–Crippen MR) is 74.6 cm³/mol. The summed E-state index contributed by atoms with van der Waals surface area (Å²) in [5.41, 5.74) is 0. The van der Waals surface area contributed by atoms with E-state index in [1.54, 1.807) is 0 Å². The maximum atomic E-state index is 4.23. The Morgan fingerprint density at radius 2 is 1.94 bits per heavy atom. The van der Waals surface area contributed by atoms with Crippen molar-refractivity contribution in [3.63, 3.8) is 0 Å². The smallest absolute Gasteiger partial charge is 0.156 e. The second-order valence-electron chi connectivity index (χ2n) is 5.17. The van der Waals surface area contributed by atoms with Crippen LogP contribution in [0.5, 0.6) is 0 Å². The number of rotatable bonds is 3. The summed E-state index contributed by atoms with van der Waals surface area (Å²) in [4.78, 5) is 0. The van der Waals surface area contributed by atoms with Crippen LogP contribution in [0.25, 0.3) is 10.8 Å². The Hall–Kier alpha value is -1.64. The van der Waals surface area contributed by atoms with Gasteiger partial charge in [-0.1, -0.05) is 43.5 Å². The van der Waals surface area contributed by atoms with Gasteiger partial charge in [0.25, 0.3) is 0 Å². The van der Waals surface area contributed by atoms with Crippen molar-refractivity contribution < 1.29 is 0 Å². The average Bonchev–Trinajstić information content (AvgIpc) is 2.46. The van der Waals surface area contributed by atoms with Crippen molar-refractivity contribution >= 4 is 16.6 Å². The fraction of sp³-hybridized carbons (Fsp3) is 0.467. The van der Waals surface area contributed by atoms with Crippen molar-refractivity contribution in [2.45, 2.75) is 32.1 Å². The van der Waals surface area contributed by atoms with Crippen LogP contribution in [0.15, 0.2) is 30.5 Å². The highest BCUT2D eigenvalue weighted by molar-refractivity contribution is 5.90. The van der Waals surface area contributed by atoms with Crippen LogP contribution in [-0.4, -0.2) is 16.7 Å². The first kappa shape index (κ1) is 11.5. The molecule has 1 aliphatic carbocycles. The van der Waals surface area contributed by atoms with Gasteiger partial charge in [0, 0.05) is 17.3 Å². The molecule has 0 amide bonds. The SMILES string of the molecule is c1ccc2c(NCC3CCCCC3)nncc2c1. The maximum Gasteiger partial charge on any atom is 0.156 e. The Labute approximate surface area is 108 Å². The third-order valence-corrected chi connectivity index (χ3v) is 3.85. The zero-order valence-electron chi connectivity index (χ0n) is 10.6. The molecule has 1 saturated carbocycles. The summed E-state index contributed by atoms with van der Waals surface area (Å²) in [6, 6.07) is 8.27. The molecule has 0 bridgehead atoms. The van der Waals surface area contributed by atoms with E-state index in [0.29, 0.717) is 0 Å². The van der Waals surface area contributed by atoms with E-state index in [9.17, 15) is 0 Å². The summed E-state index contributed by atoms with van der Waals surface area (Å²) in [6.45, 7) is 1.03. The van der Waals surface area contributed by atoms with Crippen molar-refractivity contribution in [1.29, 1.82) is 0 Å². The van der Waals surface area contributed by atoms with Crippen LogP contribution in [0.4, 0.5) is 5.82 Å². The van der Waals surface area contributed by atoms with E-state index in [-0.39, 0.29) is 0 Å². The standard InChI is InChI=1S/C15H19N3/c1-2-6-12(7-3-1)10-16-15-14-9-5-4-8-13(14)11-17-18-15/h4-5,8-9,11-12H,1-3,6-7,10H2,(H,16,18). The van der Waals surface area contributed by atoms with Gasteiger partial charge in [0.05, 0.1) is 6.20 Å². The summed E-state index contributed by atoms with van der Waals surface area (Å²) in [6.07, 6.45) is 8.70. The molecule has 1 aliphatic rings. The van der Waals surface area contributed by atoms with Crippen LogP contribution in [-0.2, 0) is 0 Å². The molecule has 0 atom stereocenters. The second kappa shape index (κ2) is 5.34. The first-order valence-electron chi connectivity index (χ1n) is 6.88. The van der Waals surface area contributed by atoms with Crippen LogP contribution in [0.3, 0.4) is 0 Å². The molecule has 94 valence electrons. The van der Waals surface area contributed by atoms with Gasteiger partial charge in [0.1, 0.15) is 0 Å². The molecule has 1 aromatic heterocycles. The molecular weight excluding hydrogens is 222 g/mol. The highest BCUT2D eigenvalue weighted by Crippen LogP contribution is 2.25. The number of benzene rings is 1. The molecule has 1 fully saturated rings. The molecule has 3 rings (SSSR count). The fourth-order valence-electron chi connectivity index (χ4n) is 2.79. The lowest BCUT2D eigenvalue weighted by Gasteiger charge is -2.22. The Bertz CT molecular complexity index is 513. The first-order valence-corrected chi connectivity index (χ1v) is 6.88. The topological polar surface area (TPSA) is 37.8 Å². The van der Waals surface area contributed by atoms with Crippen LogP contribution < -0.4 is 5.32 Å². The molecule has 0 unspecified atom stereocenters. The molecule has 3 heteroatoms. The van der Waals surface area contributed by atoms with Gasteiger partial charge in [-0.3, -0.25) is 0 Å². The van der Waals surface area contributed by atoms with Crippen LogP contribution in [0.1, 0.15) is 32.1 Å². The van der Waals surface area contributed by atoms with E-state index in [0.717, 1.165) is 23.7 Å². The summed E-state index contributed by atoms with van der Waals surface area (Å²) in [5.74, 6) is 1.73. The van der Waals surface area contributed by atoms with E-state index in [1.807, 2.05) is 12.3 Å². The molecule has 1 aromatic carbocycles. The van der Waals surface area contributed by atoms with Crippen LogP contribution in [0, 0.1) is 5.92 Å². The number of hydrogen-bond donors (Lipinski definition) is 1. The zero-order valence-corrected chi connectivity index (χ0v) is 10.6. The summed E-state index contributed by atoms with van der Waals surface area (Å²) >= 11 is 0. The van der Waals surface area contributed by atoms with E-state index in [4.69, 9.17) is 0 Å². The largest absolute Gasteiger partial charge is 0.368 e. The molecule has 0 spiro atoms. The number of nitrogens with one attached hydrogen (secondary N) is 1. The summed E-state index contributed by atoms with van der Waals surface area (Å²) in [5, 5.41) is 14.1. The molecule has 18 heavy (non-hydrogen) atoms. The number of fused-ring (bicyclic) bond motifs is 1. The Morgan fingerprint density at radius 3 is 2.83 bits per heavy atom. The van der Waals surface area contributed by atoms with Crippen molar-refractivity contribution in [3.8, 4) is 0 Å². The molecule has 3 nitrogen and oxygen atoms in total. The van der Waals surface area contributed by atoms with Gasteiger partial charge in [-0.15, -0.1) is 5.10 Å². The minimum absolute atomic E-state index is 0.805. The number of aromatic nitrogens is 2. The summed E-state index contributed by atoms with van der Waals surface area (Å²) < 4.78 is 0. The Morgan fingerprint density at radius 1 is 1.11 bits per heavy atom. The molecular formula is C15H19N3. The molecule has 0 saturated heterocycles. The Kier molecular flexibility index (Phi) is 3.40. The van der Waals surface area contributed by atoms with Crippen LogP contribution >= 0.6 is 0 Å². The third-order valence-electron chi connectivity index (χ3n) is 3.85. The van der Waals surface area contributed by atoms with Crippen molar-refractivity contribution in [1.82, 2.24) is 10.2 Å². The quantitative estimate of drug-likeness (QED) is 0.891. The van der Waals surface area contributed by atoms with E-state index in [2.05, 4.69) is 33.7 Å². The molecule has 2 aromatic rings. The minimum atomic E-state index is 0.805. The highest BCUT2D eigenvalue weighted by Gasteiger charge is 2.13. The second-order valence-corrected chi connectivity index (χ2v) is 5.17. The minimum Gasteiger partial charge on any atom is -0.368 e. The number of nitrogens with zero attached hydrogens (tertiary/aromatic N) is 2. The third kappa shape index (κ3) is 2.45. The average molecular weight is 241 g/mol. The monoisotopic (exact) mass is 241 g/mol. The number of hydrogen-bond acceptors (Lipinski definition) is 3. The lowest BCUT2D eigenvalue weighted by molar-refractivity contribution is 0.373. The molecule has 0 radical (unpaired) electrons. The molecule has 1 heterocycles. The zero-order chi connectivity index (χ0) is 12.2. The van der Waals surface area contributed by atoms with Crippen molar-refractivity contribution in [3.05, 3.63) is 30.5 Å². The Balaban J connectivity index is 1.74. The van der Waals surface area contributed by atoms with Gasteiger partial charge >= 0.3 is 0 Å². The van der Waals surface area contributed by atoms with E-state index in [1.165, 1.54) is 37.5 Å². The predicted octanol–water partition coefficient (Wildman–Crippen LogP) is 3.62. The van der Waals surface area contributed by atoms with Gasteiger partial charge in [-0.2, -0.15) is 5.10 Å². The van der Waals surface area contributed by atoms with Gasteiger partial charge < -0.3 is 5.32 Å². The fourth-order valence-corrected chi connectivity index (χ4v) is 2.79. The van der Waals surface area contributed by atoms with Crippen molar-refractivity contribution in [2.75, 3.05) is 11.9 Å². The van der Waals surface area contributed by atoms with Crippen molar-refractivity contribution in [2.24, 2.45) is 5.92 Å². The number of anilines is 1. The van der Waals surface area contributed by atoms with E-state index < -0.39 is 0 Å². The molecule has 1 N–H and O–H groups in total.